The van der Waals surface area contributed by atoms with Crippen LogP contribution in [0, 0.1) is 5.82 Å². The lowest BCUT2D eigenvalue weighted by molar-refractivity contribution is 0.0941. The van der Waals surface area contributed by atoms with E-state index in [0.29, 0.717) is 15.9 Å². The number of aromatic nitrogens is 1. The van der Waals surface area contributed by atoms with Gasteiger partial charge in [0.2, 0.25) is 5.91 Å². The molecule has 116 valence electrons. The van der Waals surface area contributed by atoms with Crippen LogP contribution in [0.15, 0.2) is 48.7 Å². The van der Waals surface area contributed by atoms with Crippen molar-refractivity contribution in [2.75, 3.05) is 5.32 Å². The molecule has 1 heterocycles. The third-order valence-electron chi connectivity index (χ3n) is 3.47. The van der Waals surface area contributed by atoms with Gasteiger partial charge in [0.15, 0.2) is 0 Å². The van der Waals surface area contributed by atoms with Gasteiger partial charge >= 0.3 is 0 Å². The fourth-order valence-corrected chi connectivity index (χ4v) is 2.57. The molecule has 0 saturated carbocycles. The Balaban J connectivity index is 2.08. The average molecular weight is 331 g/mol. The Hall–Kier alpha value is -2.66. The van der Waals surface area contributed by atoms with E-state index in [9.17, 15) is 14.0 Å². The van der Waals surface area contributed by atoms with E-state index in [2.05, 4.69) is 5.32 Å². The molecule has 0 saturated heterocycles. The number of nitrogens with one attached hydrogen (secondary N) is 1. The molecule has 0 aliphatic carbocycles. The van der Waals surface area contributed by atoms with E-state index in [1.54, 1.807) is 24.3 Å². The highest BCUT2D eigenvalue weighted by atomic mass is 35.5. The van der Waals surface area contributed by atoms with Crippen molar-refractivity contribution >= 4 is 40.0 Å². The Morgan fingerprint density at radius 2 is 1.91 bits per heavy atom. The summed E-state index contributed by atoms with van der Waals surface area (Å²) in [7, 11) is 0. The number of para-hydroxylation sites is 1. The van der Waals surface area contributed by atoms with E-state index in [1.807, 2.05) is 0 Å². The van der Waals surface area contributed by atoms with Crippen LogP contribution in [0.5, 0.6) is 0 Å². The smallest absolute Gasteiger partial charge is 0.257 e. The van der Waals surface area contributed by atoms with Gasteiger partial charge in [0.05, 0.1) is 16.8 Å². The molecule has 0 aliphatic rings. The number of carbonyl (C=O) groups excluding carboxylic acids is 2. The largest absolute Gasteiger partial charge is 0.319 e. The third-order valence-corrected chi connectivity index (χ3v) is 3.71. The van der Waals surface area contributed by atoms with Crippen LogP contribution < -0.4 is 5.32 Å². The number of rotatable bonds is 2. The van der Waals surface area contributed by atoms with Gasteiger partial charge in [-0.2, -0.15) is 0 Å². The third kappa shape index (κ3) is 2.83. The molecule has 3 rings (SSSR count). The van der Waals surface area contributed by atoms with Crippen molar-refractivity contribution < 1.29 is 14.0 Å². The predicted octanol–water partition coefficient (Wildman–Crippen LogP) is 4.35. The second-order valence-electron chi connectivity index (χ2n) is 5.03. The standard InChI is InChI=1S/C17H12ClFN2O2/c1-10(22)21-9-13(12-8-11(18)6-7-16(12)21)17(23)20-15-5-3-2-4-14(15)19/h2-9H,1H3,(H,20,23). The summed E-state index contributed by atoms with van der Waals surface area (Å²) in [4.78, 5) is 24.2. The first-order chi connectivity index (χ1) is 11.0. The zero-order valence-electron chi connectivity index (χ0n) is 12.1. The SMILES string of the molecule is CC(=O)n1cc(C(=O)Nc2ccccc2F)c2cc(Cl)ccc21. The van der Waals surface area contributed by atoms with E-state index >= 15 is 0 Å². The number of hydrogen-bond donors (Lipinski definition) is 1. The van der Waals surface area contributed by atoms with Gasteiger partial charge in [-0.05, 0) is 30.3 Å². The van der Waals surface area contributed by atoms with Crippen molar-refractivity contribution in [2.45, 2.75) is 6.92 Å². The maximum absolute atomic E-state index is 13.7. The summed E-state index contributed by atoms with van der Waals surface area (Å²) < 4.78 is 15.0. The fraction of sp³-hybridized carbons (Fsp3) is 0.0588. The first-order valence-corrected chi connectivity index (χ1v) is 7.22. The summed E-state index contributed by atoms with van der Waals surface area (Å²) in [5, 5.41) is 3.48. The van der Waals surface area contributed by atoms with Crippen molar-refractivity contribution in [3.05, 3.63) is 65.1 Å². The van der Waals surface area contributed by atoms with Crippen LogP contribution in [0.4, 0.5) is 10.1 Å². The first-order valence-electron chi connectivity index (χ1n) is 6.85. The molecule has 3 aromatic rings. The summed E-state index contributed by atoms with van der Waals surface area (Å²) in [5.74, 6) is -1.28. The average Bonchev–Trinajstić information content (AvgIpc) is 2.88. The van der Waals surface area contributed by atoms with Crippen molar-refractivity contribution in [1.82, 2.24) is 4.57 Å². The lowest BCUT2D eigenvalue weighted by atomic mass is 10.1. The van der Waals surface area contributed by atoms with Crippen LogP contribution in [-0.4, -0.2) is 16.4 Å². The van der Waals surface area contributed by atoms with Crippen LogP contribution in [0.25, 0.3) is 10.9 Å². The molecule has 1 amide bonds. The Labute approximate surface area is 136 Å². The van der Waals surface area contributed by atoms with E-state index in [1.165, 1.54) is 35.9 Å². The number of benzene rings is 2. The minimum atomic E-state index is -0.533. The molecule has 0 aliphatic heterocycles. The van der Waals surface area contributed by atoms with Crippen molar-refractivity contribution in [2.24, 2.45) is 0 Å². The van der Waals surface area contributed by atoms with Gasteiger partial charge in [0.1, 0.15) is 5.82 Å². The predicted molar refractivity (Wildman–Crippen MR) is 87.6 cm³/mol. The van der Waals surface area contributed by atoms with Gasteiger partial charge in [-0.25, -0.2) is 4.39 Å². The molecule has 0 radical (unpaired) electrons. The van der Waals surface area contributed by atoms with Crippen molar-refractivity contribution in [1.29, 1.82) is 0 Å². The lowest BCUT2D eigenvalue weighted by Crippen LogP contribution is -2.13. The first kappa shape index (κ1) is 15.2. The van der Waals surface area contributed by atoms with E-state index in [4.69, 9.17) is 11.6 Å². The summed E-state index contributed by atoms with van der Waals surface area (Å²) in [6, 6.07) is 10.8. The molecule has 23 heavy (non-hydrogen) atoms. The van der Waals surface area contributed by atoms with Gasteiger partial charge in [-0.1, -0.05) is 23.7 Å². The molecule has 0 spiro atoms. The zero-order chi connectivity index (χ0) is 16.6. The van der Waals surface area contributed by atoms with Gasteiger partial charge in [-0.3, -0.25) is 14.2 Å². The molecule has 1 N–H and O–H groups in total. The topological polar surface area (TPSA) is 51.1 Å². The van der Waals surface area contributed by atoms with E-state index < -0.39 is 11.7 Å². The molecule has 0 atom stereocenters. The maximum Gasteiger partial charge on any atom is 0.257 e. The molecular weight excluding hydrogens is 319 g/mol. The highest BCUT2D eigenvalue weighted by Crippen LogP contribution is 2.26. The fourth-order valence-electron chi connectivity index (χ4n) is 2.40. The maximum atomic E-state index is 13.7. The van der Waals surface area contributed by atoms with Gasteiger partial charge in [0.25, 0.3) is 5.91 Å². The van der Waals surface area contributed by atoms with Crippen molar-refractivity contribution in [3.63, 3.8) is 0 Å². The van der Waals surface area contributed by atoms with Gasteiger partial charge < -0.3 is 5.32 Å². The minimum absolute atomic E-state index is 0.0725. The number of amides is 1. The second-order valence-corrected chi connectivity index (χ2v) is 5.46. The number of fused-ring (bicyclic) bond motifs is 1. The normalized spacial score (nSPS) is 10.7. The molecule has 0 fully saturated rings. The quantitative estimate of drug-likeness (QED) is 0.759. The van der Waals surface area contributed by atoms with Crippen LogP contribution >= 0.6 is 11.6 Å². The summed E-state index contributed by atoms with van der Waals surface area (Å²) in [5.41, 5.74) is 0.893. The monoisotopic (exact) mass is 330 g/mol. The van der Waals surface area contributed by atoms with Crippen LogP contribution in [0.2, 0.25) is 5.02 Å². The molecule has 0 bridgehead atoms. The highest BCUT2D eigenvalue weighted by Gasteiger charge is 2.18. The van der Waals surface area contributed by atoms with Crippen LogP contribution in [-0.2, 0) is 0 Å². The minimum Gasteiger partial charge on any atom is -0.319 e. The van der Waals surface area contributed by atoms with Gasteiger partial charge in [-0.15, -0.1) is 0 Å². The molecule has 0 unspecified atom stereocenters. The van der Waals surface area contributed by atoms with Crippen LogP contribution in [0.3, 0.4) is 0 Å². The molecule has 4 nitrogen and oxygen atoms in total. The second kappa shape index (κ2) is 5.85. The Bertz CT molecular complexity index is 933. The lowest BCUT2D eigenvalue weighted by Gasteiger charge is -2.05. The number of anilines is 1. The summed E-state index contributed by atoms with van der Waals surface area (Å²) >= 11 is 5.98. The van der Waals surface area contributed by atoms with Gasteiger partial charge in [0, 0.05) is 23.5 Å². The number of carbonyl (C=O) groups is 2. The van der Waals surface area contributed by atoms with E-state index in [-0.39, 0.29) is 17.2 Å². The summed E-state index contributed by atoms with van der Waals surface area (Å²) in [6.45, 7) is 1.40. The molecule has 1 aromatic heterocycles. The number of nitrogens with zero attached hydrogens (tertiary/aromatic N) is 1. The van der Waals surface area contributed by atoms with Crippen LogP contribution in [0.1, 0.15) is 22.1 Å². The molecular formula is C17H12ClFN2O2. The van der Waals surface area contributed by atoms with Crippen molar-refractivity contribution in [3.8, 4) is 0 Å². The number of halogens is 2. The summed E-state index contributed by atoms with van der Waals surface area (Å²) in [6.07, 6.45) is 1.43. The Morgan fingerprint density at radius 3 is 2.61 bits per heavy atom. The Kier molecular flexibility index (Phi) is 3.88. The Morgan fingerprint density at radius 1 is 1.17 bits per heavy atom. The highest BCUT2D eigenvalue weighted by molar-refractivity contribution is 6.31. The molecule has 2 aromatic carbocycles. The molecule has 6 heteroatoms. The zero-order valence-corrected chi connectivity index (χ0v) is 12.9. The van der Waals surface area contributed by atoms with E-state index in [0.717, 1.165) is 0 Å². The number of hydrogen-bond acceptors (Lipinski definition) is 2.